The Morgan fingerprint density at radius 2 is 2.00 bits per heavy atom. The zero-order valence-electron chi connectivity index (χ0n) is 8.43. The van der Waals surface area contributed by atoms with E-state index >= 15 is 0 Å². The molecule has 0 aliphatic heterocycles. The maximum absolute atomic E-state index is 13.1. The van der Waals surface area contributed by atoms with Crippen molar-refractivity contribution >= 4 is 5.97 Å². The summed E-state index contributed by atoms with van der Waals surface area (Å²) in [6.45, 7) is 0. The summed E-state index contributed by atoms with van der Waals surface area (Å²) in [6, 6.07) is 2.65. The minimum absolute atomic E-state index is 0.480. The molecule has 0 unspecified atom stereocenters. The molecule has 0 fully saturated rings. The summed E-state index contributed by atoms with van der Waals surface area (Å²) in [7, 11) is 0.842. The van der Waals surface area contributed by atoms with E-state index in [-0.39, 0.29) is 0 Å². The van der Waals surface area contributed by atoms with Gasteiger partial charge in [-0.05, 0) is 12.1 Å². The number of esters is 1. The summed E-state index contributed by atoms with van der Waals surface area (Å²) in [6.07, 6.45) is -5.08. The van der Waals surface area contributed by atoms with Crippen LogP contribution in [0.4, 0.5) is 17.6 Å². The first-order chi connectivity index (χ1) is 7.82. The van der Waals surface area contributed by atoms with E-state index in [0.29, 0.717) is 6.07 Å². The molecule has 0 heterocycles. The number of rotatable bonds is 1. The summed E-state index contributed by atoms with van der Waals surface area (Å²) in [5.74, 6) is -3.04. The largest absolute Gasteiger partial charge is 0.465 e. The molecular formula is C10H5F4NO2. The lowest BCUT2D eigenvalue weighted by atomic mass is 10.0. The van der Waals surface area contributed by atoms with Crippen LogP contribution in [0, 0.1) is 17.1 Å². The quantitative estimate of drug-likeness (QED) is 0.566. The number of ether oxygens (including phenoxy) is 1. The second kappa shape index (κ2) is 4.41. The van der Waals surface area contributed by atoms with E-state index in [2.05, 4.69) is 4.74 Å². The van der Waals surface area contributed by atoms with Crippen LogP contribution in [-0.2, 0) is 10.9 Å². The molecule has 0 N–H and O–H groups in total. The van der Waals surface area contributed by atoms with E-state index in [1.54, 1.807) is 0 Å². The van der Waals surface area contributed by atoms with Gasteiger partial charge in [0.05, 0.1) is 18.2 Å². The van der Waals surface area contributed by atoms with Crippen molar-refractivity contribution in [1.29, 1.82) is 5.26 Å². The van der Waals surface area contributed by atoms with Gasteiger partial charge in [-0.1, -0.05) is 0 Å². The number of nitrogens with zero attached hydrogens (tertiary/aromatic N) is 1. The maximum Gasteiger partial charge on any atom is 0.420 e. The van der Waals surface area contributed by atoms with Crippen LogP contribution in [0.5, 0.6) is 0 Å². The fourth-order valence-corrected chi connectivity index (χ4v) is 1.26. The average molecular weight is 247 g/mol. The normalized spacial score (nSPS) is 10.8. The van der Waals surface area contributed by atoms with Crippen LogP contribution in [0.2, 0.25) is 0 Å². The molecule has 0 atom stereocenters. The minimum atomic E-state index is -5.08. The van der Waals surface area contributed by atoms with Crippen LogP contribution < -0.4 is 0 Å². The second-order valence-corrected chi connectivity index (χ2v) is 2.95. The van der Waals surface area contributed by atoms with E-state index in [9.17, 15) is 22.4 Å². The highest BCUT2D eigenvalue weighted by Gasteiger charge is 2.40. The van der Waals surface area contributed by atoms with E-state index in [0.717, 1.165) is 13.2 Å². The molecule has 0 aliphatic carbocycles. The molecule has 0 bridgehead atoms. The average Bonchev–Trinajstić information content (AvgIpc) is 2.25. The summed E-state index contributed by atoms with van der Waals surface area (Å²) in [5, 5.41) is 8.60. The van der Waals surface area contributed by atoms with Gasteiger partial charge in [-0.15, -0.1) is 0 Å². The highest BCUT2D eigenvalue weighted by atomic mass is 19.4. The zero-order chi connectivity index (χ0) is 13.2. The van der Waals surface area contributed by atoms with Gasteiger partial charge < -0.3 is 4.74 Å². The Morgan fingerprint density at radius 3 is 2.41 bits per heavy atom. The van der Waals surface area contributed by atoms with Gasteiger partial charge in [0.15, 0.2) is 0 Å². The van der Waals surface area contributed by atoms with Crippen LogP contribution in [0.3, 0.4) is 0 Å². The van der Waals surface area contributed by atoms with Gasteiger partial charge in [0.2, 0.25) is 0 Å². The Morgan fingerprint density at radius 1 is 1.41 bits per heavy atom. The van der Waals surface area contributed by atoms with Crippen molar-refractivity contribution in [3.63, 3.8) is 0 Å². The topological polar surface area (TPSA) is 50.1 Å². The maximum atomic E-state index is 13.1. The predicted molar refractivity (Wildman–Crippen MR) is 47.5 cm³/mol. The fraction of sp³-hybridized carbons (Fsp3) is 0.200. The number of carbonyl (C=O) groups is 1. The number of methoxy groups -OCH3 is 1. The van der Waals surface area contributed by atoms with Crippen LogP contribution in [0.15, 0.2) is 12.1 Å². The summed E-state index contributed by atoms with van der Waals surface area (Å²) >= 11 is 0. The van der Waals surface area contributed by atoms with Crippen molar-refractivity contribution in [3.8, 4) is 6.07 Å². The van der Waals surface area contributed by atoms with Gasteiger partial charge in [0.25, 0.3) is 0 Å². The monoisotopic (exact) mass is 247 g/mol. The lowest BCUT2D eigenvalue weighted by Gasteiger charge is -2.13. The van der Waals surface area contributed by atoms with Gasteiger partial charge in [0.1, 0.15) is 17.4 Å². The van der Waals surface area contributed by atoms with Crippen molar-refractivity contribution in [3.05, 3.63) is 34.6 Å². The SMILES string of the molecule is COC(=O)c1c(C#N)ccc(F)c1C(F)(F)F. The summed E-state index contributed by atoms with van der Waals surface area (Å²) < 4.78 is 54.9. The van der Waals surface area contributed by atoms with E-state index < -0.39 is 34.7 Å². The van der Waals surface area contributed by atoms with Gasteiger partial charge in [0, 0.05) is 0 Å². The summed E-state index contributed by atoms with van der Waals surface area (Å²) in [4.78, 5) is 11.2. The molecule has 0 aliphatic rings. The number of alkyl halides is 3. The number of nitriles is 1. The standard InChI is InChI=1S/C10H5F4NO2/c1-17-9(16)7-5(4-15)2-3-6(11)8(7)10(12,13)14/h2-3H,1H3. The molecule has 7 heteroatoms. The molecule has 0 saturated carbocycles. The third-order valence-corrected chi connectivity index (χ3v) is 1.95. The minimum Gasteiger partial charge on any atom is -0.465 e. The Kier molecular flexibility index (Phi) is 3.36. The van der Waals surface area contributed by atoms with Crippen molar-refractivity contribution < 1.29 is 27.1 Å². The molecule has 3 nitrogen and oxygen atoms in total. The molecular weight excluding hydrogens is 242 g/mol. The Labute approximate surface area is 93.2 Å². The van der Waals surface area contributed by atoms with Gasteiger partial charge in [-0.3, -0.25) is 0 Å². The third kappa shape index (κ3) is 2.36. The number of hydrogen-bond donors (Lipinski definition) is 0. The molecule has 1 aromatic rings. The van der Waals surface area contributed by atoms with Gasteiger partial charge in [-0.2, -0.15) is 18.4 Å². The fourth-order valence-electron chi connectivity index (χ4n) is 1.26. The first kappa shape index (κ1) is 13.0. The van der Waals surface area contributed by atoms with Crippen LogP contribution in [0.1, 0.15) is 21.5 Å². The number of halogens is 4. The summed E-state index contributed by atoms with van der Waals surface area (Å²) in [5.41, 5.74) is -3.49. The molecule has 1 aromatic carbocycles. The zero-order valence-corrected chi connectivity index (χ0v) is 8.43. The van der Waals surface area contributed by atoms with Crippen molar-refractivity contribution in [2.45, 2.75) is 6.18 Å². The molecule has 90 valence electrons. The smallest absolute Gasteiger partial charge is 0.420 e. The van der Waals surface area contributed by atoms with Crippen molar-refractivity contribution in [1.82, 2.24) is 0 Å². The van der Waals surface area contributed by atoms with Crippen LogP contribution in [-0.4, -0.2) is 13.1 Å². The lowest BCUT2D eigenvalue weighted by Crippen LogP contribution is -2.18. The lowest BCUT2D eigenvalue weighted by molar-refractivity contribution is -0.140. The molecule has 0 amide bonds. The molecule has 0 spiro atoms. The van der Waals surface area contributed by atoms with Crippen molar-refractivity contribution in [2.75, 3.05) is 7.11 Å². The number of carbonyl (C=O) groups excluding carboxylic acids is 1. The van der Waals surface area contributed by atoms with Gasteiger partial charge >= 0.3 is 12.1 Å². The number of hydrogen-bond acceptors (Lipinski definition) is 3. The molecule has 1 rings (SSSR count). The Hall–Kier alpha value is -2.10. The second-order valence-electron chi connectivity index (χ2n) is 2.95. The van der Waals surface area contributed by atoms with E-state index in [1.165, 1.54) is 6.07 Å². The predicted octanol–water partition coefficient (Wildman–Crippen LogP) is 2.50. The first-order valence-electron chi connectivity index (χ1n) is 4.21. The van der Waals surface area contributed by atoms with Crippen molar-refractivity contribution in [2.24, 2.45) is 0 Å². The molecule has 17 heavy (non-hydrogen) atoms. The highest BCUT2D eigenvalue weighted by Crippen LogP contribution is 2.35. The van der Waals surface area contributed by atoms with Gasteiger partial charge in [-0.25, -0.2) is 9.18 Å². The first-order valence-corrected chi connectivity index (χ1v) is 4.21. The molecule has 0 saturated heterocycles. The highest BCUT2D eigenvalue weighted by molar-refractivity contribution is 5.94. The van der Waals surface area contributed by atoms with E-state index in [1.807, 2.05) is 0 Å². The van der Waals surface area contributed by atoms with Crippen LogP contribution in [0.25, 0.3) is 0 Å². The number of benzene rings is 1. The molecule has 0 radical (unpaired) electrons. The van der Waals surface area contributed by atoms with E-state index in [4.69, 9.17) is 5.26 Å². The molecule has 0 aromatic heterocycles. The third-order valence-electron chi connectivity index (χ3n) is 1.95. The Balaban J connectivity index is 3.67. The van der Waals surface area contributed by atoms with Crippen LogP contribution >= 0.6 is 0 Å². The Bertz CT molecular complexity index is 502.